The number of ether oxygens (including phenoxy) is 1. The van der Waals surface area contributed by atoms with E-state index in [9.17, 15) is 13.2 Å². The van der Waals surface area contributed by atoms with Gasteiger partial charge < -0.3 is 14.1 Å². The summed E-state index contributed by atoms with van der Waals surface area (Å²) in [6, 6.07) is 3.88. The van der Waals surface area contributed by atoms with Crippen LogP contribution in [0.1, 0.15) is 32.3 Å². The predicted octanol–water partition coefficient (Wildman–Crippen LogP) is 1.64. The maximum absolute atomic E-state index is 12.2. The van der Waals surface area contributed by atoms with E-state index in [0.29, 0.717) is 18.1 Å². The molecule has 1 aromatic rings. The molecule has 0 aromatic carbocycles. The molecule has 1 atom stereocenters. The van der Waals surface area contributed by atoms with E-state index in [1.165, 1.54) is 0 Å². The Morgan fingerprint density at radius 1 is 1.34 bits per heavy atom. The molecule has 1 fully saturated rings. The average molecular weight is 445 g/mol. The Bertz CT molecular complexity index is 884. The third-order valence-electron chi connectivity index (χ3n) is 3.63. The third-order valence-corrected chi connectivity index (χ3v) is 6.11. The number of carbonyl (C=O) groups excluding carboxylic acids is 1. The molecule has 2 heterocycles. The number of furan rings is 1. The number of sulfonamides is 1. The summed E-state index contributed by atoms with van der Waals surface area (Å²) in [5.41, 5.74) is -1.23. The van der Waals surface area contributed by atoms with Crippen molar-refractivity contribution < 1.29 is 22.4 Å². The van der Waals surface area contributed by atoms with Crippen LogP contribution < -0.4 is 4.72 Å². The van der Waals surface area contributed by atoms with Crippen LogP contribution in [0, 0.1) is 5.41 Å². The van der Waals surface area contributed by atoms with E-state index in [4.69, 9.17) is 14.6 Å². The van der Waals surface area contributed by atoms with Crippen LogP contribution >= 0.6 is 11.8 Å². The van der Waals surface area contributed by atoms with Gasteiger partial charge >= 0.3 is 5.97 Å². The van der Waals surface area contributed by atoms with Gasteiger partial charge in [-0.2, -0.15) is 11.8 Å². The van der Waals surface area contributed by atoms with Crippen molar-refractivity contribution >= 4 is 39.3 Å². The van der Waals surface area contributed by atoms with Crippen LogP contribution in [-0.2, 0) is 31.9 Å². The summed E-state index contributed by atoms with van der Waals surface area (Å²) in [7, 11) is -0.115. The standard InChI is InChI=1S/C18H28N4O5S2/c1-18(2,3)27-17(23)15-14(19)16(21-29(15,24)25)20-8-9-28-11-13-7-6-12(26-13)10-22(4)5/h6-7,15,19H,8-11H2,1-5H3,(H,20,21). The highest BCUT2D eigenvalue weighted by Gasteiger charge is 2.48. The molecule has 0 bridgehead atoms. The molecule has 29 heavy (non-hydrogen) atoms. The summed E-state index contributed by atoms with van der Waals surface area (Å²) in [5.74, 6) is 1.96. The smallest absolute Gasteiger partial charge is 0.333 e. The van der Waals surface area contributed by atoms with E-state index in [1.54, 1.807) is 32.5 Å². The molecule has 2 rings (SSSR count). The number of hydrogen-bond donors (Lipinski definition) is 2. The van der Waals surface area contributed by atoms with Gasteiger partial charge in [0.1, 0.15) is 22.8 Å². The van der Waals surface area contributed by atoms with Crippen molar-refractivity contribution in [2.24, 2.45) is 4.99 Å². The molecule has 1 aromatic heterocycles. The van der Waals surface area contributed by atoms with Crippen molar-refractivity contribution in [2.75, 3.05) is 26.4 Å². The molecular weight excluding hydrogens is 416 g/mol. The van der Waals surface area contributed by atoms with Gasteiger partial charge in [-0.15, -0.1) is 0 Å². The zero-order chi connectivity index (χ0) is 21.8. The highest BCUT2D eigenvalue weighted by molar-refractivity contribution is 7.98. The van der Waals surface area contributed by atoms with Crippen LogP contribution in [-0.4, -0.2) is 68.1 Å². The van der Waals surface area contributed by atoms with Crippen LogP contribution in [0.4, 0.5) is 0 Å². The van der Waals surface area contributed by atoms with Crippen LogP contribution in [0.25, 0.3) is 0 Å². The molecule has 1 aliphatic heterocycles. The molecule has 0 spiro atoms. The summed E-state index contributed by atoms with van der Waals surface area (Å²) >= 11 is 1.58. The number of amidine groups is 1. The number of carbonyl (C=O) groups is 1. The molecule has 9 nitrogen and oxygen atoms in total. The van der Waals surface area contributed by atoms with Gasteiger partial charge in [0.25, 0.3) is 10.0 Å². The molecule has 2 N–H and O–H groups in total. The Hall–Kier alpha value is -1.85. The number of esters is 1. The summed E-state index contributed by atoms with van der Waals surface area (Å²) in [6.45, 7) is 5.95. The second-order valence-corrected chi connectivity index (χ2v) is 10.7. The van der Waals surface area contributed by atoms with E-state index in [-0.39, 0.29) is 11.5 Å². The van der Waals surface area contributed by atoms with Crippen molar-refractivity contribution in [1.82, 2.24) is 9.62 Å². The van der Waals surface area contributed by atoms with Gasteiger partial charge in [-0.1, -0.05) is 0 Å². The maximum atomic E-state index is 12.2. The van der Waals surface area contributed by atoms with E-state index in [2.05, 4.69) is 9.71 Å². The number of nitrogens with zero attached hydrogens (tertiary/aromatic N) is 2. The van der Waals surface area contributed by atoms with Gasteiger partial charge in [0, 0.05) is 5.75 Å². The molecule has 0 aliphatic carbocycles. The van der Waals surface area contributed by atoms with E-state index >= 15 is 0 Å². The molecule has 0 saturated carbocycles. The first kappa shape index (κ1) is 23.4. The Kier molecular flexibility index (Phi) is 7.52. The molecule has 0 radical (unpaired) electrons. The lowest BCUT2D eigenvalue weighted by Crippen LogP contribution is -2.39. The molecule has 1 unspecified atom stereocenters. The number of thioether (sulfide) groups is 1. The average Bonchev–Trinajstić information content (AvgIpc) is 3.06. The first-order chi connectivity index (χ1) is 13.4. The van der Waals surface area contributed by atoms with E-state index in [1.807, 2.05) is 31.1 Å². The molecule has 11 heteroatoms. The van der Waals surface area contributed by atoms with E-state index < -0.39 is 26.8 Å². The van der Waals surface area contributed by atoms with Crippen molar-refractivity contribution in [3.05, 3.63) is 23.7 Å². The van der Waals surface area contributed by atoms with Gasteiger partial charge in [0.15, 0.2) is 5.84 Å². The molecule has 1 aliphatic rings. The monoisotopic (exact) mass is 444 g/mol. The Balaban J connectivity index is 1.87. The van der Waals surface area contributed by atoms with Crippen LogP contribution in [0.5, 0.6) is 0 Å². The zero-order valence-corrected chi connectivity index (χ0v) is 18.9. The minimum Gasteiger partial charge on any atom is -0.464 e. The minimum atomic E-state index is -4.06. The summed E-state index contributed by atoms with van der Waals surface area (Å²) in [6.07, 6.45) is 0. The van der Waals surface area contributed by atoms with Crippen molar-refractivity contribution in [3.63, 3.8) is 0 Å². The van der Waals surface area contributed by atoms with E-state index in [0.717, 1.165) is 18.1 Å². The van der Waals surface area contributed by atoms with Gasteiger partial charge in [0.2, 0.25) is 5.25 Å². The summed E-state index contributed by atoms with van der Waals surface area (Å²) in [5, 5.41) is 6.34. The fraction of sp³-hybridized carbons (Fsp3) is 0.611. The number of nitrogens with one attached hydrogen (secondary N) is 2. The SMILES string of the molecule is CN(C)Cc1ccc(CSCCN=C2NS(=O)(=O)C(C(=O)OC(C)(C)C)C2=N)o1. The first-order valence-electron chi connectivity index (χ1n) is 9.07. The zero-order valence-electron chi connectivity index (χ0n) is 17.3. The summed E-state index contributed by atoms with van der Waals surface area (Å²) in [4.78, 5) is 18.3. The highest BCUT2D eigenvalue weighted by Crippen LogP contribution is 2.18. The van der Waals surface area contributed by atoms with Crippen molar-refractivity contribution in [1.29, 1.82) is 5.41 Å². The van der Waals surface area contributed by atoms with Crippen LogP contribution in [0.2, 0.25) is 0 Å². The lowest BCUT2D eigenvalue weighted by atomic mass is 10.2. The number of aliphatic imine (C=N–C) groups is 1. The van der Waals surface area contributed by atoms with Gasteiger partial charge in [0.05, 0.1) is 18.8 Å². The largest absolute Gasteiger partial charge is 0.464 e. The summed E-state index contributed by atoms with van der Waals surface area (Å²) < 4.78 is 37.5. The Labute approximate surface area is 175 Å². The lowest BCUT2D eigenvalue weighted by molar-refractivity contribution is -0.152. The van der Waals surface area contributed by atoms with Crippen LogP contribution in [0.15, 0.2) is 21.5 Å². The Morgan fingerprint density at radius 3 is 2.62 bits per heavy atom. The van der Waals surface area contributed by atoms with Gasteiger partial charge in [-0.3, -0.25) is 19.9 Å². The van der Waals surface area contributed by atoms with Gasteiger partial charge in [-0.05, 0) is 47.0 Å². The van der Waals surface area contributed by atoms with Gasteiger partial charge in [-0.25, -0.2) is 8.42 Å². The molecule has 1 saturated heterocycles. The quantitative estimate of drug-likeness (QED) is 0.461. The predicted molar refractivity (Wildman–Crippen MR) is 114 cm³/mol. The second kappa shape index (κ2) is 9.31. The molecular formula is C18H28N4O5S2. The minimum absolute atomic E-state index is 0.104. The fourth-order valence-electron chi connectivity index (χ4n) is 2.54. The topological polar surface area (TPSA) is 125 Å². The van der Waals surface area contributed by atoms with Crippen molar-refractivity contribution in [2.45, 2.75) is 43.9 Å². The highest BCUT2D eigenvalue weighted by atomic mass is 32.2. The fourth-order valence-corrected chi connectivity index (χ4v) is 4.54. The number of rotatable bonds is 8. The first-order valence-corrected chi connectivity index (χ1v) is 11.8. The lowest BCUT2D eigenvalue weighted by Gasteiger charge is -2.21. The number of hydrogen-bond acceptors (Lipinski definition) is 9. The maximum Gasteiger partial charge on any atom is 0.333 e. The second-order valence-electron chi connectivity index (χ2n) is 7.86. The Morgan fingerprint density at radius 2 is 2.00 bits per heavy atom. The molecule has 0 amide bonds. The van der Waals surface area contributed by atoms with Crippen molar-refractivity contribution in [3.8, 4) is 0 Å². The third kappa shape index (κ3) is 6.86. The molecule has 162 valence electrons. The van der Waals surface area contributed by atoms with Crippen LogP contribution in [0.3, 0.4) is 0 Å². The normalized spacial score (nSPS) is 20.3.